The fourth-order valence-corrected chi connectivity index (χ4v) is 3.48. The van der Waals surface area contributed by atoms with Crippen LogP contribution in [0.5, 0.6) is 11.5 Å². The van der Waals surface area contributed by atoms with E-state index in [1.807, 2.05) is 17.0 Å². The minimum Gasteiger partial charge on any atom is -0.457 e. The molecule has 0 spiro atoms. The summed E-state index contributed by atoms with van der Waals surface area (Å²) in [5, 5.41) is 6.44. The number of amides is 1. The maximum absolute atomic E-state index is 13.0. The molecule has 1 saturated heterocycles. The van der Waals surface area contributed by atoms with Gasteiger partial charge in [0.05, 0.1) is 0 Å². The van der Waals surface area contributed by atoms with E-state index in [9.17, 15) is 9.18 Å². The first-order valence-electron chi connectivity index (χ1n) is 9.94. The predicted molar refractivity (Wildman–Crippen MR) is 122 cm³/mol. The van der Waals surface area contributed by atoms with Gasteiger partial charge in [0.1, 0.15) is 23.0 Å². The number of halogens is 1. The summed E-state index contributed by atoms with van der Waals surface area (Å²) < 4.78 is 18.9. The highest BCUT2D eigenvalue weighted by atomic mass is 32.1. The molecule has 0 atom stereocenters. The van der Waals surface area contributed by atoms with Gasteiger partial charge in [-0.1, -0.05) is 0 Å². The third kappa shape index (κ3) is 5.55. The zero-order valence-corrected chi connectivity index (χ0v) is 17.5. The van der Waals surface area contributed by atoms with Gasteiger partial charge in [-0.3, -0.25) is 9.78 Å². The summed E-state index contributed by atoms with van der Waals surface area (Å²) in [7, 11) is 0. The molecule has 2 heterocycles. The molecule has 1 aliphatic heterocycles. The molecule has 2 aromatic carbocycles. The number of anilines is 2. The smallest absolute Gasteiger partial charge is 0.272 e. The first kappa shape index (κ1) is 20.7. The highest BCUT2D eigenvalue weighted by molar-refractivity contribution is 7.80. The van der Waals surface area contributed by atoms with Crippen molar-refractivity contribution in [2.75, 3.05) is 23.7 Å². The van der Waals surface area contributed by atoms with Crippen molar-refractivity contribution in [3.63, 3.8) is 0 Å². The lowest BCUT2D eigenvalue weighted by Crippen LogP contribution is -2.28. The van der Waals surface area contributed by atoms with Crippen LogP contribution in [0.3, 0.4) is 0 Å². The number of carbonyl (C=O) groups excluding carboxylic acids is 1. The van der Waals surface area contributed by atoms with Crippen LogP contribution >= 0.6 is 12.2 Å². The Morgan fingerprint density at radius 1 is 0.935 bits per heavy atom. The second kappa shape index (κ2) is 9.53. The number of benzene rings is 2. The van der Waals surface area contributed by atoms with Gasteiger partial charge in [-0.25, -0.2) is 4.39 Å². The molecule has 6 nitrogen and oxygen atoms in total. The van der Waals surface area contributed by atoms with Gasteiger partial charge in [0.25, 0.3) is 5.91 Å². The largest absolute Gasteiger partial charge is 0.457 e. The number of ether oxygens (including phenoxy) is 1. The fourth-order valence-electron chi connectivity index (χ4n) is 3.24. The van der Waals surface area contributed by atoms with Crippen molar-refractivity contribution in [3.8, 4) is 11.5 Å². The molecule has 8 heteroatoms. The monoisotopic (exact) mass is 436 g/mol. The van der Waals surface area contributed by atoms with E-state index >= 15 is 0 Å². The summed E-state index contributed by atoms with van der Waals surface area (Å²) in [5.74, 6) is 0.798. The van der Waals surface area contributed by atoms with Crippen LogP contribution in [0.4, 0.5) is 15.8 Å². The third-order valence-corrected chi connectivity index (χ3v) is 5.00. The van der Waals surface area contributed by atoms with Crippen molar-refractivity contribution in [3.05, 3.63) is 78.4 Å². The molecule has 0 unspecified atom stereocenters. The van der Waals surface area contributed by atoms with E-state index < -0.39 is 0 Å². The van der Waals surface area contributed by atoms with Gasteiger partial charge in [0.2, 0.25) is 0 Å². The number of thiocarbonyl (C=S) groups is 1. The first-order chi connectivity index (χ1) is 15.1. The molecule has 1 aromatic heterocycles. The average molecular weight is 437 g/mol. The summed E-state index contributed by atoms with van der Waals surface area (Å²) in [5.41, 5.74) is 1.84. The Kier molecular flexibility index (Phi) is 6.37. The number of aromatic nitrogens is 1. The highest BCUT2D eigenvalue weighted by Gasteiger charge is 2.20. The van der Waals surface area contributed by atoms with Crippen LogP contribution < -0.4 is 15.4 Å². The Bertz CT molecular complexity index is 1070. The number of hydrogen-bond acceptors (Lipinski definition) is 4. The maximum Gasteiger partial charge on any atom is 0.272 e. The number of nitrogens with zero attached hydrogens (tertiary/aromatic N) is 2. The Balaban J connectivity index is 1.35. The molecule has 4 rings (SSSR count). The van der Waals surface area contributed by atoms with Crippen molar-refractivity contribution in [1.29, 1.82) is 0 Å². The SMILES string of the molecule is O=C(c1cc(Oc2ccc(NC(=S)Nc3ccc(F)cc3)cc2)ccn1)N1CCCC1. The van der Waals surface area contributed by atoms with Gasteiger partial charge in [-0.2, -0.15) is 0 Å². The molecule has 0 saturated carbocycles. The number of hydrogen-bond donors (Lipinski definition) is 2. The van der Waals surface area contributed by atoms with Gasteiger partial charge in [-0.15, -0.1) is 0 Å². The number of likely N-dealkylation sites (tertiary alicyclic amines) is 1. The van der Waals surface area contributed by atoms with E-state index in [0.717, 1.165) is 31.6 Å². The second-order valence-electron chi connectivity index (χ2n) is 7.09. The molecule has 158 valence electrons. The van der Waals surface area contributed by atoms with Crippen LogP contribution in [0.25, 0.3) is 0 Å². The fraction of sp³-hybridized carbons (Fsp3) is 0.174. The molecule has 0 bridgehead atoms. The van der Waals surface area contributed by atoms with Crippen LogP contribution in [0.1, 0.15) is 23.3 Å². The zero-order chi connectivity index (χ0) is 21.6. The predicted octanol–water partition coefficient (Wildman–Crippen LogP) is 5.06. The van der Waals surface area contributed by atoms with E-state index in [-0.39, 0.29) is 11.7 Å². The highest BCUT2D eigenvalue weighted by Crippen LogP contribution is 2.24. The quantitative estimate of drug-likeness (QED) is 0.545. The molecule has 0 radical (unpaired) electrons. The molecular formula is C23H21FN4O2S. The summed E-state index contributed by atoms with van der Waals surface area (Å²) in [6.45, 7) is 1.55. The molecule has 1 fully saturated rings. The summed E-state index contributed by atoms with van der Waals surface area (Å²) in [4.78, 5) is 18.5. The number of rotatable bonds is 5. The van der Waals surface area contributed by atoms with Gasteiger partial charge < -0.3 is 20.3 Å². The molecular weight excluding hydrogens is 415 g/mol. The van der Waals surface area contributed by atoms with E-state index in [1.54, 1.807) is 42.6 Å². The maximum atomic E-state index is 13.0. The van der Waals surface area contributed by atoms with Crippen molar-refractivity contribution in [2.24, 2.45) is 0 Å². The lowest BCUT2D eigenvalue weighted by atomic mass is 10.3. The van der Waals surface area contributed by atoms with Gasteiger partial charge >= 0.3 is 0 Å². The van der Waals surface area contributed by atoms with E-state index in [0.29, 0.717) is 28.0 Å². The van der Waals surface area contributed by atoms with Crippen LogP contribution in [0, 0.1) is 5.82 Å². The van der Waals surface area contributed by atoms with Crippen molar-refractivity contribution >= 4 is 34.6 Å². The molecule has 2 N–H and O–H groups in total. The average Bonchev–Trinajstić information content (AvgIpc) is 3.31. The standard InChI is InChI=1S/C23H21FN4O2S/c24-16-3-5-17(6-4-16)26-23(31)27-18-7-9-19(10-8-18)30-20-11-12-25-21(15-20)22(29)28-13-1-2-14-28/h3-12,15H,1-2,13-14H2,(H2,26,27,31). The number of carbonyl (C=O) groups is 1. The molecule has 0 aliphatic carbocycles. The van der Waals surface area contributed by atoms with Crippen LogP contribution in [-0.2, 0) is 0 Å². The summed E-state index contributed by atoms with van der Waals surface area (Å²) in [6, 6.07) is 16.6. The van der Waals surface area contributed by atoms with Crippen LogP contribution in [0.15, 0.2) is 66.9 Å². The van der Waals surface area contributed by atoms with E-state index in [4.69, 9.17) is 17.0 Å². The third-order valence-electron chi connectivity index (χ3n) is 4.79. The molecule has 3 aromatic rings. The molecule has 1 amide bonds. The van der Waals surface area contributed by atoms with E-state index in [2.05, 4.69) is 15.6 Å². The van der Waals surface area contributed by atoms with Crippen LogP contribution in [0.2, 0.25) is 0 Å². The lowest BCUT2D eigenvalue weighted by molar-refractivity contribution is 0.0786. The topological polar surface area (TPSA) is 66.5 Å². The Hall–Kier alpha value is -3.52. The Labute approximate surface area is 185 Å². The zero-order valence-electron chi connectivity index (χ0n) is 16.7. The molecule has 31 heavy (non-hydrogen) atoms. The van der Waals surface area contributed by atoms with Crippen molar-refractivity contribution < 1.29 is 13.9 Å². The Morgan fingerprint density at radius 3 is 2.19 bits per heavy atom. The summed E-state index contributed by atoms with van der Waals surface area (Å²) in [6.07, 6.45) is 3.64. The second-order valence-corrected chi connectivity index (χ2v) is 7.50. The lowest BCUT2D eigenvalue weighted by Gasteiger charge is -2.15. The normalized spacial score (nSPS) is 13.0. The number of nitrogens with one attached hydrogen (secondary N) is 2. The van der Waals surface area contributed by atoms with Gasteiger partial charge in [0.15, 0.2) is 5.11 Å². The minimum absolute atomic E-state index is 0.0651. The first-order valence-corrected chi connectivity index (χ1v) is 10.3. The summed E-state index contributed by atoms with van der Waals surface area (Å²) >= 11 is 5.28. The van der Waals surface area contributed by atoms with Gasteiger partial charge in [-0.05, 0) is 79.7 Å². The van der Waals surface area contributed by atoms with Crippen LogP contribution in [-0.4, -0.2) is 34.0 Å². The van der Waals surface area contributed by atoms with Crippen molar-refractivity contribution in [1.82, 2.24) is 9.88 Å². The minimum atomic E-state index is -0.304. The van der Waals surface area contributed by atoms with Crippen molar-refractivity contribution in [2.45, 2.75) is 12.8 Å². The van der Waals surface area contributed by atoms with Gasteiger partial charge in [0, 0.05) is 36.7 Å². The van der Waals surface area contributed by atoms with E-state index in [1.165, 1.54) is 12.1 Å². The molecule has 1 aliphatic rings. The Morgan fingerprint density at radius 2 is 1.55 bits per heavy atom. The number of pyridine rings is 1.